The molecular formula is C16H26N2O3S. The molecule has 1 rings (SSSR count). The molecule has 0 aliphatic carbocycles. The molecule has 5 nitrogen and oxygen atoms in total. The standard InChI is InChI=1S/C16H26N2O3S/c1-5-22(20,21)18(4)13-9-12-17-15(19)16(2,3)14-10-7-6-8-11-14/h6-8,10-11H,5,9,12-13H2,1-4H3,(H,17,19). The molecule has 0 aliphatic heterocycles. The lowest BCUT2D eigenvalue weighted by Crippen LogP contribution is -2.41. The quantitative estimate of drug-likeness (QED) is 0.740. The first-order valence-electron chi connectivity index (χ1n) is 7.49. The van der Waals surface area contributed by atoms with Crippen LogP contribution in [0.2, 0.25) is 0 Å². The zero-order valence-electron chi connectivity index (χ0n) is 13.8. The fourth-order valence-corrected chi connectivity index (χ4v) is 2.92. The van der Waals surface area contributed by atoms with Crippen LogP contribution in [0.15, 0.2) is 30.3 Å². The largest absolute Gasteiger partial charge is 0.355 e. The molecule has 1 amide bonds. The lowest BCUT2D eigenvalue weighted by atomic mass is 9.84. The fraction of sp³-hybridized carbons (Fsp3) is 0.562. The molecule has 0 saturated carbocycles. The number of hydrogen-bond donors (Lipinski definition) is 1. The van der Waals surface area contributed by atoms with E-state index in [4.69, 9.17) is 0 Å². The van der Waals surface area contributed by atoms with Gasteiger partial charge in [0.15, 0.2) is 0 Å². The van der Waals surface area contributed by atoms with Crippen LogP contribution < -0.4 is 5.32 Å². The van der Waals surface area contributed by atoms with Crippen molar-refractivity contribution in [3.8, 4) is 0 Å². The number of sulfonamides is 1. The van der Waals surface area contributed by atoms with Gasteiger partial charge in [-0.1, -0.05) is 30.3 Å². The van der Waals surface area contributed by atoms with E-state index in [1.807, 2.05) is 44.2 Å². The molecule has 1 aromatic rings. The van der Waals surface area contributed by atoms with Gasteiger partial charge in [-0.3, -0.25) is 4.79 Å². The summed E-state index contributed by atoms with van der Waals surface area (Å²) in [6.45, 7) is 6.24. The second kappa shape index (κ2) is 7.74. The Bertz CT molecular complexity index is 583. The predicted molar refractivity (Wildman–Crippen MR) is 89.2 cm³/mol. The van der Waals surface area contributed by atoms with Crippen molar-refractivity contribution < 1.29 is 13.2 Å². The van der Waals surface area contributed by atoms with E-state index in [2.05, 4.69) is 5.32 Å². The van der Waals surface area contributed by atoms with Gasteiger partial charge in [-0.15, -0.1) is 0 Å². The van der Waals surface area contributed by atoms with Crippen LogP contribution in [0.1, 0.15) is 32.8 Å². The molecule has 0 aromatic heterocycles. The Labute approximate surface area is 133 Å². The van der Waals surface area contributed by atoms with Crippen molar-refractivity contribution in [3.05, 3.63) is 35.9 Å². The van der Waals surface area contributed by atoms with Gasteiger partial charge in [0.05, 0.1) is 11.2 Å². The van der Waals surface area contributed by atoms with E-state index < -0.39 is 15.4 Å². The highest BCUT2D eigenvalue weighted by Gasteiger charge is 2.29. The van der Waals surface area contributed by atoms with Crippen LogP contribution in [0.25, 0.3) is 0 Å². The zero-order chi connectivity index (χ0) is 16.8. The van der Waals surface area contributed by atoms with Gasteiger partial charge in [0.1, 0.15) is 0 Å². The summed E-state index contributed by atoms with van der Waals surface area (Å²) in [5, 5.41) is 2.89. The smallest absolute Gasteiger partial charge is 0.230 e. The maximum absolute atomic E-state index is 12.3. The monoisotopic (exact) mass is 326 g/mol. The number of nitrogens with zero attached hydrogens (tertiary/aromatic N) is 1. The Morgan fingerprint density at radius 2 is 1.82 bits per heavy atom. The first-order chi connectivity index (χ1) is 10.2. The van der Waals surface area contributed by atoms with Crippen molar-refractivity contribution >= 4 is 15.9 Å². The number of benzene rings is 1. The summed E-state index contributed by atoms with van der Waals surface area (Å²) in [5.74, 6) is 0.0383. The van der Waals surface area contributed by atoms with Gasteiger partial charge >= 0.3 is 0 Å². The maximum atomic E-state index is 12.3. The van der Waals surface area contributed by atoms with E-state index >= 15 is 0 Å². The summed E-state index contributed by atoms with van der Waals surface area (Å²) < 4.78 is 24.6. The van der Waals surface area contributed by atoms with Gasteiger partial charge < -0.3 is 5.32 Å². The van der Waals surface area contributed by atoms with Crippen LogP contribution in [0.5, 0.6) is 0 Å². The Hall–Kier alpha value is -1.40. The minimum Gasteiger partial charge on any atom is -0.355 e. The van der Waals surface area contributed by atoms with E-state index in [-0.39, 0.29) is 11.7 Å². The zero-order valence-corrected chi connectivity index (χ0v) is 14.6. The Morgan fingerprint density at radius 1 is 1.23 bits per heavy atom. The predicted octanol–water partition coefficient (Wildman–Crippen LogP) is 1.75. The third-order valence-corrected chi connectivity index (χ3v) is 5.70. The minimum absolute atomic E-state index is 0.0558. The van der Waals surface area contributed by atoms with Crippen LogP contribution in [0.3, 0.4) is 0 Å². The van der Waals surface area contributed by atoms with Crippen LogP contribution in [0, 0.1) is 0 Å². The number of carbonyl (C=O) groups is 1. The number of amides is 1. The van der Waals surface area contributed by atoms with Crippen molar-refractivity contribution in [1.82, 2.24) is 9.62 Å². The molecule has 22 heavy (non-hydrogen) atoms. The molecule has 0 atom stereocenters. The number of nitrogens with one attached hydrogen (secondary N) is 1. The maximum Gasteiger partial charge on any atom is 0.230 e. The normalized spacial score (nSPS) is 12.4. The second-order valence-corrected chi connectivity index (χ2v) is 8.19. The third-order valence-electron chi connectivity index (χ3n) is 3.84. The summed E-state index contributed by atoms with van der Waals surface area (Å²) in [4.78, 5) is 12.3. The minimum atomic E-state index is -3.15. The summed E-state index contributed by atoms with van der Waals surface area (Å²) >= 11 is 0. The third kappa shape index (κ3) is 4.81. The van der Waals surface area contributed by atoms with Crippen molar-refractivity contribution in [2.24, 2.45) is 0 Å². The molecular weight excluding hydrogens is 300 g/mol. The first-order valence-corrected chi connectivity index (χ1v) is 9.10. The van der Waals surface area contributed by atoms with Gasteiger partial charge in [0, 0.05) is 20.1 Å². The lowest BCUT2D eigenvalue weighted by Gasteiger charge is -2.24. The van der Waals surface area contributed by atoms with E-state index in [1.165, 1.54) is 4.31 Å². The van der Waals surface area contributed by atoms with Gasteiger partial charge in [-0.05, 0) is 32.8 Å². The molecule has 0 fully saturated rings. The molecule has 6 heteroatoms. The van der Waals surface area contributed by atoms with Crippen molar-refractivity contribution in [1.29, 1.82) is 0 Å². The molecule has 0 aliphatic rings. The molecule has 124 valence electrons. The topological polar surface area (TPSA) is 66.5 Å². The van der Waals surface area contributed by atoms with Gasteiger partial charge in [-0.2, -0.15) is 0 Å². The molecule has 0 radical (unpaired) electrons. The lowest BCUT2D eigenvalue weighted by molar-refractivity contribution is -0.125. The number of hydrogen-bond acceptors (Lipinski definition) is 3. The van der Waals surface area contributed by atoms with Crippen molar-refractivity contribution in [3.63, 3.8) is 0 Å². The average molecular weight is 326 g/mol. The summed E-state index contributed by atoms with van der Waals surface area (Å²) in [6, 6.07) is 9.60. The van der Waals surface area contributed by atoms with Crippen LogP contribution in [0.4, 0.5) is 0 Å². The highest BCUT2D eigenvalue weighted by Crippen LogP contribution is 2.22. The molecule has 0 spiro atoms. The van der Waals surface area contributed by atoms with Crippen molar-refractivity contribution in [2.45, 2.75) is 32.6 Å². The van der Waals surface area contributed by atoms with E-state index in [0.717, 1.165) is 5.56 Å². The summed E-state index contributed by atoms with van der Waals surface area (Å²) in [5.41, 5.74) is 0.348. The summed E-state index contributed by atoms with van der Waals surface area (Å²) in [7, 11) is -1.59. The highest BCUT2D eigenvalue weighted by atomic mass is 32.2. The first kappa shape index (κ1) is 18.6. The van der Waals surface area contributed by atoms with Gasteiger partial charge in [-0.25, -0.2) is 12.7 Å². The molecule has 1 N–H and O–H groups in total. The molecule has 0 heterocycles. The van der Waals surface area contributed by atoms with Gasteiger partial charge in [0.25, 0.3) is 0 Å². The van der Waals surface area contributed by atoms with E-state index in [1.54, 1.807) is 14.0 Å². The highest BCUT2D eigenvalue weighted by molar-refractivity contribution is 7.89. The van der Waals surface area contributed by atoms with E-state index in [9.17, 15) is 13.2 Å². The van der Waals surface area contributed by atoms with Gasteiger partial charge in [0.2, 0.25) is 15.9 Å². The molecule has 1 aromatic carbocycles. The van der Waals surface area contributed by atoms with Crippen LogP contribution in [-0.4, -0.2) is 44.5 Å². The Morgan fingerprint density at radius 3 is 2.36 bits per heavy atom. The Balaban J connectivity index is 2.47. The second-order valence-electron chi connectivity index (χ2n) is 5.82. The average Bonchev–Trinajstić information content (AvgIpc) is 2.51. The van der Waals surface area contributed by atoms with Crippen LogP contribution in [-0.2, 0) is 20.2 Å². The molecule has 0 unspecified atom stereocenters. The SMILES string of the molecule is CCS(=O)(=O)N(C)CCCNC(=O)C(C)(C)c1ccccc1. The van der Waals surface area contributed by atoms with Crippen LogP contribution >= 0.6 is 0 Å². The molecule has 0 bridgehead atoms. The fourth-order valence-electron chi connectivity index (χ4n) is 2.07. The molecule has 0 saturated heterocycles. The van der Waals surface area contributed by atoms with E-state index in [0.29, 0.717) is 19.5 Å². The number of rotatable bonds is 8. The van der Waals surface area contributed by atoms with Crippen molar-refractivity contribution in [2.75, 3.05) is 25.9 Å². The summed E-state index contributed by atoms with van der Waals surface area (Å²) in [6.07, 6.45) is 0.590. The number of carbonyl (C=O) groups excluding carboxylic acids is 1. The Kier molecular flexibility index (Phi) is 6.56.